The molecule has 18 heavy (non-hydrogen) atoms. The number of anilines is 1. The van der Waals surface area contributed by atoms with Crippen LogP contribution in [-0.4, -0.2) is 22.1 Å². The molecule has 0 bridgehead atoms. The number of hydrogen-bond donors (Lipinski definition) is 1. The van der Waals surface area contributed by atoms with Crippen molar-refractivity contribution in [1.29, 1.82) is 0 Å². The van der Waals surface area contributed by atoms with Crippen molar-refractivity contribution in [3.05, 3.63) is 42.1 Å². The summed E-state index contributed by atoms with van der Waals surface area (Å²) in [6.07, 6.45) is 1.14. The van der Waals surface area contributed by atoms with Gasteiger partial charge in [0.1, 0.15) is 0 Å². The summed E-state index contributed by atoms with van der Waals surface area (Å²) in [5.74, 6) is 1.11. The van der Waals surface area contributed by atoms with Crippen LogP contribution in [0.2, 0.25) is 0 Å². The molecule has 1 N–H and O–H groups in total. The molecule has 0 aliphatic carbocycles. The third-order valence-electron chi connectivity index (χ3n) is 2.63. The van der Waals surface area contributed by atoms with Crippen molar-refractivity contribution >= 4 is 17.4 Å². The van der Waals surface area contributed by atoms with Crippen molar-refractivity contribution in [1.82, 2.24) is 9.78 Å². The summed E-state index contributed by atoms with van der Waals surface area (Å²) in [4.78, 5) is 0. The first-order valence-corrected chi connectivity index (χ1v) is 7.16. The second kappa shape index (κ2) is 6.50. The monoisotopic (exact) mass is 261 g/mol. The largest absolute Gasteiger partial charge is 0.385 e. The number of nitrogens with zero attached hydrogens (tertiary/aromatic N) is 2. The van der Waals surface area contributed by atoms with E-state index in [9.17, 15) is 0 Å². The molecule has 0 aliphatic rings. The molecule has 0 aliphatic heterocycles. The lowest BCUT2D eigenvalue weighted by Crippen LogP contribution is -2.02. The average molecular weight is 261 g/mol. The van der Waals surface area contributed by atoms with Gasteiger partial charge < -0.3 is 5.32 Å². The lowest BCUT2D eigenvalue weighted by molar-refractivity contribution is 0.692. The minimum absolute atomic E-state index is 1.01. The molecule has 1 heterocycles. The van der Waals surface area contributed by atoms with Crippen LogP contribution in [-0.2, 0) is 7.05 Å². The van der Waals surface area contributed by atoms with E-state index < -0.39 is 0 Å². The fraction of sp³-hybridized carbons (Fsp3) is 0.357. The molecule has 2 aromatic rings. The van der Waals surface area contributed by atoms with E-state index in [2.05, 4.69) is 40.7 Å². The summed E-state index contributed by atoms with van der Waals surface area (Å²) in [6.45, 7) is 3.04. The van der Waals surface area contributed by atoms with Gasteiger partial charge in [0.05, 0.1) is 10.7 Å². The van der Waals surface area contributed by atoms with Gasteiger partial charge in [-0.15, -0.1) is 11.8 Å². The highest BCUT2D eigenvalue weighted by Gasteiger charge is 2.01. The van der Waals surface area contributed by atoms with E-state index >= 15 is 0 Å². The first-order valence-electron chi connectivity index (χ1n) is 6.18. The molecular weight excluding hydrogens is 242 g/mol. The van der Waals surface area contributed by atoms with Crippen molar-refractivity contribution in [3.8, 4) is 0 Å². The number of hydrogen-bond acceptors (Lipinski definition) is 3. The fourth-order valence-electron chi connectivity index (χ4n) is 1.76. The van der Waals surface area contributed by atoms with Crippen molar-refractivity contribution in [2.24, 2.45) is 7.05 Å². The van der Waals surface area contributed by atoms with Gasteiger partial charge in [0.25, 0.3) is 0 Å². The zero-order valence-electron chi connectivity index (χ0n) is 10.9. The molecule has 0 spiro atoms. The number of rotatable bonds is 6. The SMILES string of the molecule is Cc1cc(SCCCNc2ccccc2)n(C)n1. The zero-order valence-corrected chi connectivity index (χ0v) is 11.7. The van der Waals surface area contributed by atoms with Crippen LogP contribution in [0.25, 0.3) is 0 Å². The van der Waals surface area contributed by atoms with Crippen LogP contribution in [0, 0.1) is 6.92 Å². The van der Waals surface area contributed by atoms with Gasteiger partial charge in [-0.1, -0.05) is 18.2 Å². The van der Waals surface area contributed by atoms with Gasteiger partial charge in [-0.25, -0.2) is 0 Å². The third-order valence-corrected chi connectivity index (χ3v) is 3.80. The van der Waals surface area contributed by atoms with E-state index in [1.165, 1.54) is 10.7 Å². The Morgan fingerprint density at radius 2 is 2.06 bits per heavy atom. The minimum Gasteiger partial charge on any atom is -0.385 e. The van der Waals surface area contributed by atoms with Crippen molar-refractivity contribution in [2.75, 3.05) is 17.6 Å². The maximum Gasteiger partial charge on any atom is 0.0939 e. The van der Waals surface area contributed by atoms with Crippen LogP contribution in [0.4, 0.5) is 5.69 Å². The van der Waals surface area contributed by atoms with E-state index in [4.69, 9.17) is 0 Å². The molecular formula is C14H19N3S. The molecule has 0 atom stereocenters. The highest BCUT2D eigenvalue weighted by molar-refractivity contribution is 7.99. The number of para-hydroxylation sites is 1. The van der Waals surface area contributed by atoms with Gasteiger partial charge in [-0.3, -0.25) is 4.68 Å². The molecule has 0 radical (unpaired) electrons. The molecule has 4 heteroatoms. The number of nitrogens with one attached hydrogen (secondary N) is 1. The summed E-state index contributed by atoms with van der Waals surface area (Å²) >= 11 is 1.86. The highest BCUT2D eigenvalue weighted by atomic mass is 32.2. The van der Waals surface area contributed by atoms with Gasteiger partial charge in [0, 0.05) is 25.0 Å². The molecule has 0 unspecified atom stereocenters. The molecule has 0 saturated heterocycles. The average Bonchev–Trinajstić information content (AvgIpc) is 2.69. The van der Waals surface area contributed by atoms with Crippen molar-refractivity contribution in [2.45, 2.75) is 18.4 Å². The van der Waals surface area contributed by atoms with Crippen LogP contribution in [0.1, 0.15) is 12.1 Å². The van der Waals surface area contributed by atoms with E-state index in [1.807, 2.05) is 36.5 Å². The summed E-state index contributed by atoms with van der Waals surface area (Å²) in [6, 6.07) is 12.5. The molecule has 1 aromatic heterocycles. The predicted molar refractivity (Wildman–Crippen MR) is 78.2 cm³/mol. The van der Waals surface area contributed by atoms with Gasteiger partial charge in [0.15, 0.2) is 0 Å². The number of thioether (sulfide) groups is 1. The molecule has 96 valence electrons. The Hall–Kier alpha value is -1.42. The highest BCUT2D eigenvalue weighted by Crippen LogP contribution is 2.18. The smallest absolute Gasteiger partial charge is 0.0939 e. The van der Waals surface area contributed by atoms with Crippen LogP contribution in [0.5, 0.6) is 0 Å². The Morgan fingerprint density at radius 1 is 1.28 bits per heavy atom. The second-order valence-corrected chi connectivity index (χ2v) is 5.36. The molecule has 2 rings (SSSR count). The maximum absolute atomic E-state index is 4.34. The lowest BCUT2D eigenvalue weighted by atomic mass is 10.3. The van der Waals surface area contributed by atoms with Crippen molar-refractivity contribution in [3.63, 3.8) is 0 Å². The second-order valence-electron chi connectivity index (χ2n) is 4.24. The van der Waals surface area contributed by atoms with Crippen LogP contribution < -0.4 is 5.32 Å². The minimum atomic E-state index is 1.01. The fourth-order valence-corrected chi connectivity index (χ4v) is 2.74. The summed E-state index contributed by atoms with van der Waals surface area (Å²) in [7, 11) is 2.00. The van der Waals surface area contributed by atoms with Gasteiger partial charge >= 0.3 is 0 Å². The van der Waals surface area contributed by atoms with E-state index in [1.54, 1.807) is 0 Å². The van der Waals surface area contributed by atoms with Gasteiger partial charge in [-0.2, -0.15) is 5.10 Å². The zero-order chi connectivity index (χ0) is 12.8. The molecule has 0 amide bonds. The standard InChI is InChI=1S/C14H19N3S/c1-12-11-14(17(2)16-12)18-10-6-9-15-13-7-4-3-5-8-13/h3-5,7-8,11,15H,6,9-10H2,1-2H3. The summed E-state index contributed by atoms with van der Waals surface area (Å²) < 4.78 is 1.95. The van der Waals surface area contributed by atoms with E-state index in [0.717, 1.165) is 24.4 Å². The Morgan fingerprint density at radius 3 is 2.72 bits per heavy atom. The summed E-state index contributed by atoms with van der Waals surface area (Å²) in [5, 5.41) is 9.00. The Kier molecular flexibility index (Phi) is 4.70. The van der Waals surface area contributed by atoms with Crippen molar-refractivity contribution < 1.29 is 0 Å². The number of aryl methyl sites for hydroxylation is 2. The van der Waals surface area contributed by atoms with Gasteiger partial charge in [0.2, 0.25) is 0 Å². The Labute approximate surface area is 113 Å². The normalized spacial score (nSPS) is 10.6. The van der Waals surface area contributed by atoms with Crippen LogP contribution in [0.3, 0.4) is 0 Å². The number of benzene rings is 1. The lowest BCUT2D eigenvalue weighted by Gasteiger charge is -2.05. The van der Waals surface area contributed by atoms with E-state index in [-0.39, 0.29) is 0 Å². The van der Waals surface area contributed by atoms with E-state index in [0.29, 0.717) is 0 Å². The predicted octanol–water partition coefficient (Wildman–Crippen LogP) is 3.32. The van der Waals surface area contributed by atoms with Crippen LogP contribution >= 0.6 is 11.8 Å². The molecule has 3 nitrogen and oxygen atoms in total. The first kappa shape index (κ1) is 13.0. The molecule has 1 aromatic carbocycles. The molecule has 0 fully saturated rings. The number of aromatic nitrogens is 2. The van der Waals surface area contributed by atoms with Gasteiger partial charge in [-0.05, 0) is 31.5 Å². The Bertz CT molecular complexity index is 479. The topological polar surface area (TPSA) is 29.9 Å². The Balaban J connectivity index is 1.66. The summed E-state index contributed by atoms with van der Waals surface area (Å²) in [5.41, 5.74) is 2.28. The quantitative estimate of drug-likeness (QED) is 0.639. The third kappa shape index (κ3) is 3.81. The maximum atomic E-state index is 4.34. The van der Waals surface area contributed by atoms with Crippen LogP contribution in [0.15, 0.2) is 41.4 Å². The molecule has 0 saturated carbocycles. The first-order chi connectivity index (χ1) is 8.75.